The highest BCUT2D eigenvalue weighted by atomic mass is 15.5. The molecule has 2 nitrogen and oxygen atoms in total. The van der Waals surface area contributed by atoms with Crippen molar-refractivity contribution < 1.29 is 0 Å². The third kappa shape index (κ3) is 2.40. The summed E-state index contributed by atoms with van der Waals surface area (Å²) >= 11 is 0. The molecule has 2 unspecified atom stereocenters. The first-order valence-electron chi connectivity index (χ1n) is 8.48. The van der Waals surface area contributed by atoms with Crippen molar-refractivity contribution in [3.05, 3.63) is 35.4 Å². The molecule has 2 heteroatoms. The van der Waals surface area contributed by atoms with Gasteiger partial charge in [0.05, 0.1) is 0 Å². The van der Waals surface area contributed by atoms with Gasteiger partial charge < -0.3 is 0 Å². The van der Waals surface area contributed by atoms with E-state index in [4.69, 9.17) is 0 Å². The largest absolute Gasteiger partial charge is 0.252 e. The lowest BCUT2D eigenvalue weighted by Gasteiger charge is -2.34. The van der Waals surface area contributed by atoms with Crippen LogP contribution in [-0.2, 0) is 12.8 Å². The first-order valence-corrected chi connectivity index (χ1v) is 8.48. The zero-order chi connectivity index (χ0) is 13.4. The van der Waals surface area contributed by atoms with E-state index in [1.165, 1.54) is 58.0 Å². The number of piperidine rings is 1. The van der Waals surface area contributed by atoms with E-state index in [0.717, 1.165) is 17.9 Å². The normalized spacial score (nSPS) is 33.7. The second kappa shape index (κ2) is 5.50. The number of hydrazine groups is 1. The lowest BCUT2D eigenvalue weighted by Crippen LogP contribution is -2.51. The molecule has 0 aromatic heterocycles. The van der Waals surface area contributed by atoms with Crippen LogP contribution in [0.5, 0.6) is 0 Å². The van der Waals surface area contributed by atoms with Crippen molar-refractivity contribution in [2.75, 3.05) is 13.1 Å². The second-order valence-electron chi connectivity index (χ2n) is 6.98. The predicted octanol–water partition coefficient (Wildman–Crippen LogP) is 3.17. The van der Waals surface area contributed by atoms with Crippen LogP contribution >= 0.6 is 0 Å². The van der Waals surface area contributed by atoms with Gasteiger partial charge in [-0.2, -0.15) is 0 Å². The number of fused-ring (bicyclic) bond motifs is 3. The van der Waals surface area contributed by atoms with Crippen molar-refractivity contribution in [2.24, 2.45) is 11.8 Å². The van der Waals surface area contributed by atoms with Crippen molar-refractivity contribution >= 4 is 0 Å². The number of rotatable bonds is 2. The maximum Gasteiger partial charge on any atom is 0.0278 e. The summed E-state index contributed by atoms with van der Waals surface area (Å²) in [6.07, 6.45) is 9.58. The maximum absolute atomic E-state index is 3.93. The Hall–Kier alpha value is -0.860. The highest BCUT2D eigenvalue weighted by molar-refractivity contribution is 5.30. The van der Waals surface area contributed by atoms with Gasteiger partial charge in [-0.3, -0.25) is 5.43 Å². The average Bonchev–Trinajstić information content (AvgIpc) is 2.75. The van der Waals surface area contributed by atoms with E-state index in [2.05, 4.69) is 34.7 Å². The standard InChI is InChI=1S/C18H26N2/c1-4-10-20(11-5-1)19-18-16-8-9-17(18)13-15-7-3-2-6-14(15)12-16/h2-3,6-7,16-19H,1,4-5,8-13H2. The van der Waals surface area contributed by atoms with Crippen molar-refractivity contribution in [1.29, 1.82) is 0 Å². The van der Waals surface area contributed by atoms with Crippen LogP contribution in [0, 0.1) is 11.8 Å². The Bertz CT molecular complexity index is 431. The maximum atomic E-state index is 3.93. The highest BCUT2D eigenvalue weighted by Gasteiger charge is 2.39. The van der Waals surface area contributed by atoms with Crippen molar-refractivity contribution in [1.82, 2.24) is 10.4 Å². The number of hydrogen-bond acceptors (Lipinski definition) is 2. The van der Waals surface area contributed by atoms with Crippen LogP contribution in [0.1, 0.15) is 43.2 Å². The van der Waals surface area contributed by atoms with Crippen LogP contribution in [0.2, 0.25) is 0 Å². The van der Waals surface area contributed by atoms with E-state index in [1.54, 1.807) is 11.1 Å². The average molecular weight is 270 g/mol. The first kappa shape index (κ1) is 12.8. The van der Waals surface area contributed by atoms with Gasteiger partial charge in [-0.1, -0.05) is 30.7 Å². The quantitative estimate of drug-likeness (QED) is 0.888. The van der Waals surface area contributed by atoms with Gasteiger partial charge in [0.2, 0.25) is 0 Å². The van der Waals surface area contributed by atoms with E-state index >= 15 is 0 Å². The Morgan fingerprint density at radius 3 is 2.05 bits per heavy atom. The molecule has 1 N–H and O–H groups in total. The molecule has 1 heterocycles. The Morgan fingerprint density at radius 2 is 1.45 bits per heavy atom. The van der Waals surface area contributed by atoms with Gasteiger partial charge in [-0.05, 0) is 61.5 Å². The molecule has 2 bridgehead atoms. The summed E-state index contributed by atoms with van der Waals surface area (Å²) in [6.45, 7) is 2.51. The van der Waals surface area contributed by atoms with E-state index in [-0.39, 0.29) is 0 Å². The number of nitrogens with one attached hydrogen (secondary N) is 1. The molecular weight excluding hydrogens is 244 g/mol. The summed E-state index contributed by atoms with van der Waals surface area (Å²) in [6, 6.07) is 9.86. The number of benzene rings is 1. The fourth-order valence-electron chi connectivity index (χ4n) is 4.60. The summed E-state index contributed by atoms with van der Waals surface area (Å²) in [7, 11) is 0. The minimum Gasteiger partial charge on any atom is -0.252 e. The van der Waals surface area contributed by atoms with E-state index in [1.807, 2.05) is 0 Å². The SMILES string of the molecule is c1ccc2c(c1)CC1CCC(C2)C1NN1CCCCC1. The molecule has 1 aromatic carbocycles. The molecule has 4 rings (SSSR count). The Labute approximate surface area is 122 Å². The van der Waals surface area contributed by atoms with Gasteiger partial charge in [0.1, 0.15) is 0 Å². The minimum absolute atomic E-state index is 0.723. The molecule has 0 amide bonds. The molecule has 0 spiro atoms. The molecule has 108 valence electrons. The van der Waals surface area contributed by atoms with Crippen LogP contribution in [0.15, 0.2) is 24.3 Å². The van der Waals surface area contributed by atoms with Gasteiger partial charge in [0.25, 0.3) is 0 Å². The zero-order valence-corrected chi connectivity index (χ0v) is 12.4. The predicted molar refractivity (Wildman–Crippen MR) is 82.4 cm³/mol. The Morgan fingerprint density at radius 1 is 0.850 bits per heavy atom. The fraction of sp³-hybridized carbons (Fsp3) is 0.667. The third-order valence-electron chi connectivity index (χ3n) is 5.69. The van der Waals surface area contributed by atoms with E-state index < -0.39 is 0 Å². The second-order valence-corrected chi connectivity index (χ2v) is 6.98. The van der Waals surface area contributed by atoms with Crippen LogP contribution in [0.25, 0.3) is 0 Å². The summed E-state index contributed by atoms with van der Waals surface area (Å²) in [4.78, 5) is 0. The third-order valence-corrected chi connectivity index (χ3v) is 5.69. The topological polar surface area (TPSA) is 15.3 Å². The molecular formula is C18H26N2. The molecule has 1 aromatic rings. The smallest absolute Gasteiger partial charge is 0.0278 e. The molecule has 20 heavy (non-hydrogen) atoms. The summed E-state index contributed by atoms with van der Waals surface area (Å²) in [5.41, 5.74) is 7.16. The summed E-state index contributed by atoms with van der Waals surface area (Å²) < 4.78 is 0. The molecule has 0 radical (unpaired) electrons. The lowest BCUT2D eigenvalue weighted by atomic mass is 9.94. The van der Waals surface area contributed by atoms with Crippen molar-refractivity contribution in [2.45, 2.75) is 51.0 Å². The molecule has 2 aliphatic carbocycles. The molecule has 2 atom stereocenters. The fourth-order valence-corrected chi connectivity index (χ4v) is 4.60. The molecule has 2 fully saturated rings. The van der Waals surface area contributed by atoms with Crippen molar-refractivity contribution in [3.63, 3.8) is 0 Å². The van der Waals surface area contributed by atoms with Gasteiger partial charge in [0, 0.05) is 19.1 Å². The van der Waals surface area contributed by atoms with Crippen LogP contribution in [0.4, 0.5) is 0 Å². The lowest BCUT2D eigenvalue weighted by molar-refractivity contribution is 0.101. The highest BCUT2D eigenvalue weighted by Crippen LogP contribution is 2.40. The minimum atomic E-state index is 0.723. The molecule has 3 aliphatic rings. The zero-order valence-electron chi connectivity index (χ0n) is 12.4. The number of nitrogens with zero attached hydrogens (tertiary/aromatic N) is 1. The summed E-state index contributed by atoms with van der Waals surface area (Å²) in [5, 5.41) is 2.52. The number of hydrogen-bond donors (Lipinski definition) is 1. The van der Waals surface area contributed by atoms with Crippen LogP contribution < -0.4 is 5.43 Å². The van der Waals surface area contributed by atoms with Crippen LogP contribution in [0.3, 0.4) is 0 Å². The van der Waals surface area contributed by atoms with E-state index in [9.17, 15) is 0 Å². The van der Waals surface area contributed by atoms with Gasteiger partial charge in [-0.25, -0.2) is 5.01 Å². The molecule has 1 saturated heterocycles. The molecule has 1 aliphatic heterocycles. The van der Waals surface area contributed by atoms with Crippen LogP contribution in [-0.4, -0.2) is 24.1 Å². The Balaban J connectivity index is 1.51. The first-order chi connectivity index (χ1) is 9.90. The van der Waals surface area contributed by atoms with Crippen molar-refractivity contribution in [3.8, 4) is 0 Å². The monoisotopic (exact) mass is 270 g/mol. The van der Waals surface area contributed by atoms with Gasteiger partial charge in [-0.15, -0.1) is 0 Å². The Kier molecular flexibility index (Phi) is 3.53. The van der Waals surface area contributed by atoms with Gasteiger partial charge >= 0.3 is 0 Å². The molecule has 1 saturated carbocycles. The summed E-state index contributed by atoms with van der Waals surface area (Å²) in [5.74, 6) is 1.70. The van der Waals surface area contributed by atoms with E-state index in [0.29, 0.717) is 0 Å². The van der Waals surface area contributed by atoms with Gasteiger partial charge in [0.15, 0.2) is 0 Å².